The summed E-state index contributed by atoms with van der Waals surface area (Å²) in [6.07, 6.45) is 7.59. The number of hydrogen-bond donors (Lipinski definition) is 0. The van der Waals surface area contributed by atoms with Gasteiger partial charge in [-0.2, -0.15) is 0 Å². The van der Waals surface area contributed by atoms with E-state index in [2.05, 4.69) is 32.9 Å². The third-order valence-corrected chi connectivity index (χ3v) is 2.78. The number of rotatable bonds is 2. The van der Waals surface area contributed by atoms with Crippen molar-refractivity contribution in [3.8, 4) is 0 Å². The molecule has 0 aromatic rings. The second-order valence-corrected chi connectivity index (χ2v) is 4.43. The molecule has 0 heterocycles. The van der Waals surface area contributed by atoms with Crippen LogP contribution in [0.3, 0.4) is 0 Å². The van der Waals surface area contributed by atoms with Gasteiger partial charge >= 0.3 is 0 Å². The molecule has 1 aliphatic carbocycles. The fourth-order valence-corrected chi connectivity index (χ4v) is 1.98. The van der Waals surface area contributed by atoms with Crippen LogP contribution in [-0.4, -0.2) is 6.29 Å². The normalized spacial score (nSPS) is 33.2. The zero-order valence-electron chi connectivity index (χ0n) is 8.21. The summed E-state index contributed by atoms with van der Waals surface area (Å²) in [5, 5.41) is 0. The first kappa shape index (κ1) is 9.50. The Hall–Kier alpha value is -0.590. The second kappa shape index (κ2) is 3.42. The Bertz CT molecular complexity index is 191. The maximum Gasteiger partial charge on any atom is 0.127 e. The van der Waals surface area contributed by atoms with E-state index in [1.165, 1.54) is 0 Å². The summed E-state index contributed by atoms with van der Waals surface area (Å²) in [7, 11) is 0. The predicted octanol–water partition coefficient (Wildman–Crippen LogP) is 2.81. The topological polar surface area (TPSA) is 17.1 Å². The standard InChI is InChI=1S/C11H18O/c1-4-9-7-11(2,3)6-5-10(9)8-12/h5-6,8-10H,4,7H2,1-3H3. The van der Waals surface area contributed by atoms with Crippen molar-refractivity contribution in [1.82, 2.24) is 0 Å². The predicted molar refractivity (Wildman–Crippen MR) is 50.9 cm³/mol. The lowest BCUT2D eigenvalue weighted by Gasteiger charge is -2.33. The van der Waals surface area contributed by atoms with E-state index in [9.17, 15) is 4.79 Å². The molecule has 0 N–H and O–H groups in total. The first-order valence-corrected chi connectivity index (χ1v) is 4.73. The van der Waals surface area contributed by atoms with Gasteiger partial charge in [0.05, 0.1) is 0 Å². The summed E-state index contributed by atoms with van der Waals surface area (Å²) in [4.78, 5) is 10.7. The van der Waals surface area contributed by atoms with Gasteiger partial charge in [0, 0.05) is 5.92 Å². The summed E-state index contributed by atoms with van der Waals surface area (Å²) < 4.78 is 0. The molecule has 1 aliphatic rings. The molecule has 2 unspecified atom stereocenters. The Morgan fingerprint density at radius 2 is 2.25 bits per heavy atom. The molecular formula is C11H18O. The largest absolute Gasteiger partial charge is 0.303 e. The summed E-state index contributed by atoms with van der Waals surface area (Å²) >= 11 is 0. The van der Waals surface area contributed by atoms with Gasteiger partial charge in [0.25, 0.3) is 0 Å². The molecule has 0 aliphatic heterocycles. The average Bonchev–Trinajstić information content (AvgIpc) is 2.03. The highest BCUT2D eigenvalue weighted by Crippen LogP contribution is 2.37. The summed E-state index contributed by atoms with van der Waals surface area (Å²) in [6.45, 7) is 6.62. The zero-order chi connectivity index (χ0) is 9.19. The highest BCUT2D eigenvalue weighted by molar-refractivity contribution is 5.57. The summed E-state index contributed by atoms with van der Waals surface area (Å²) in [6, 6.07) is 0. The smallest absolute Gasteiger partial charge is 0.127 e. The molecule has 68 valence electrons. The van der Waals surface area contributed by atoms with Crippen LogP contribution in [0.1, 0.15) is 33.6 Å². The lowest BCUT2D eigenvalue weighted by molar-refractivity contribution is -0.111. The number of carbonyl (C=O) groups excluding carboxylic acids is 1. The fraction of sp³-hybridized carbons (Fsp3) is 0.727. The van der Waals surface area contributed by atoms with Crippen molar-refractivity contribution in [2.75, 3.05) is 0 Å². The van der Waals surface area contributed by atoms with Crippen molar-refractivity contribution in [2.45, 2.75) is 33.6 Å². The molecule has 0 aromatic carbocycles. The quantitative estimate of drug-likeness (QED) is 0.455. The first-order valence-electron chi connectivity index (χ1n) is 4.73. The van der Waals surface area contributed by atoms with Gasteiger partial charge in [0.2, 0.25) is 0 Å². The number of aldehydes is 1. The van der Waals surface area contributed by atoms with Crippen molar-refractivity contribution >= 4 is 6.29 Å². The fourth-order valence-electron chi connectivity index (χ4n) is 1.98. The maximum atomic E-state index is 10.7. The molecule has 12 heavy (non-hydrogen) atoms. The van der Waals surface area contributed by atoms with Gasteiger partial charge in [0.15, 0.2) is 0 Å². The molecule has 0 saturated heterocycles. The van der Waals surface area contributed by atoms with Gasteiger partial charge in [-0.1, -0.05) is 39.3 Å². The Morgan fingerprint density at radius 1 is 1.58 bits per heavy atom. The molecule has 1 nitrogen and oxygen atoms in total. The summed E-state index contributed by atoms with van der Waals surface area (Å²) in [5.74, 6) is 0.727. The van der Waals surface area contributed by atoms with Gasteiger partial charge in [-0.3, -0.25) is 0 Å². The Labute approximate surface area is 74.9 Å². The lowest BCUT2D eigenvalue weighted by atomic mass is 9.71. The van der Waals surface area contributed by atoms with Gasteiger partial charge in [-0.25, -0.2) is 0 Å². The van der Waals surface area contributed by atoms with Crippen molar-refractivity contribution in [3.05, 3.63) is 12.2 Å². The minimum Gasteiger partial charge on any atom is -0.303 e. The van der Waals surface area contributed by atoms with Gasteiger partial charge < -0.3 is 4.79 Å². The van der Waals surface area contributed by atoms with Gasteiger partial charge in [0.1, 0.15) is 6.29 Å². The Morgan fingerprint density at radius 3 is 2.75 bits per heavy atom. The van der Waals surface area contributed by atoms with Gasteiger partial charge in [-0.05, 0) is 17.8 Å². The van der Waals surface area contributed by atoms with E-state index in [1.807, 2.05) is 0 Å². The molecule has 0 saturated carbocycles. The number of allylic oxidation sites excluding steroid dienone is 2. The molecule has 1 heteroatoms. The highest BCUT2D eigenvalue weighted by Gasteiger charge is 2.28. The molecule has 0 spiro atoms. The minimum absolute atomic E-state index is 0.169. The highest BCUT2D eigenvalue weighted by atomic mass is 16.1. The Kier molecular flexibility index (Phi) is 2.71. The molecule has 0 fully saturated rings. The number of hydrogen-bond acceptors (Lipinski definition) is 1. The average molecular weight is 166 g/mol. The maximum absolute atomic E-state index is 10.7. The van der Waals surface area contributed by atoms with Crippen LogP contribution in [0.2, 0.25) is 0 Å². The van der Waals surface area contributed by atoms with E-state index in [4.69, 9.17) is 0 Å². The van der Waals surface area contributed by atoms with E-state index in [1.54, 1.807) is 0 Å². The third kappa shape index (κ3) is 1.96. The van der Waals surface area contributed by atoms with E-state index < -0.39 is 0 Å². The van der Waals surface area contributed by atoms with Crippen LogP contribution >= 0.6 is 0 Å². The van der Waals surface area contributed by atoms with Crippen LogP contribution in [-0.2, 0) is 4.79 Å². The third-order valence-electron chi connectivity index (χ3n) is 2.78. The molecule has 0 amide bonds. The lowest BCUT2D eigenvalue weighted by Crippen LogP contribution is -2.25. The Balaban J connectivity index is 2.75. The van der Waals surface area contributed by atoms with Crippen molar-refractivity contribution in [3.63, 3.8) is 0 Å². The van der Waals surface area contributed by atoms with Crippen LogP contribution < -0.4 is 0 Å². The van der Waals surface area contributed by atoms with Crippen LogP contribution in [0.5, 0.6) is 0 Å². The molecule has 1 rings (SSSR count). The second-order valence-electron chi connectivity index (χ2n) is 4.43. The molecule has 0 aromatic heterocycles. The molecule has 0 bridgehead atoms. The van der Waals surface area contributed by atoms with Crippen LogP contribution in [0, 0.1) is 17.3 Å². The molecule has 0 radical (unpaired) electrons. The first-order chi connectivity index (χ1) is 5.59. The van der Waals surface area contributed by atoms with Crippen LogP contribution in [0.15, 0.2) is 12.2 Å². The van der Waals surface area contributed by atoms with E-state index >= 15 is 0 Å². The minimum atomic E-state index is 0.169. The molecule has 2 atom stereocenters. The van der Waals surface area contributed by atoms with Crippen LogP contribution in [0.4, 0.5) is 0 Å². The van der Waals surface area contributed by atoms with Crippen molar-refractivity contribution in [2.24, 2.45) is 17.3 Å². The van der Waals surface area contributed by atoms with Gasteiger partial charge in [-0.15, -0.1) is 0 Å². The summed E-state index contributed by atoms with van der Waals surface area (Å²) in [5.41, 5.74) is 0.292. The van der Waals surface area contributed by atoms with E-state index in [0.29, 0.717) is 11.3 Å². The number of carbonyl (C=O) groups is 1. The SMILES string of the molecule is CCC1CC(C)(C)C=CC1C=O. The molecular weight excluding hydrogens is 148 g/mol. The monoisotopic (exact) mass is 166 g/mol. The van der Waals surface area contributed by atoms with Crippen LogP contribution in [0.25, 0.3) is 0 Å². The van der Waals surface area contributed by atoms with Crippen molar-refractivity contribution < 1.29 is 4.79 Å². The zero-order valence-corrected chi connectivity index (χ0v) is 8.21. The van der Waals surface area contributed by atoms with Crippen molar-refractivity contribution in [1.29, 1.82) is 0 Å². The van der Waals surface area contributed by atoms with E-state index in [-0.39, 0.29) is 5.92 Å². The van der Waals surface area contributed by atoms with E-state index in [0.717, 1.165) is 19.1 Å².